The van der Waals surface area contributed by atoms with Crippen LogP contribution in [-0.4, -0.2) is 41.3 Å². The maximum Gasteiger partial charge on any atom is 0.240 e. The Hall–Kier alpha value is -1.31. The monoisotopic (exact) mass is 313 g/mol. The average molecular weight is 313 g/mol. The van der Waals surface area contributed by atoms with E-state index in [1.807, 2.05) is 11.9 Å². The second-order valence-corrected chi connectivity index (χ2v) is 7.00. The summed E-state index contributed by atoms with van der Waals surface area (Å²) in [5, 5.41) is 0. The molecule has 0 saturated carbocycles. The number of nitrogens with one attached hydrogen (secondary N) is 1. The van der Waals surface area contributed by atoms with Crippen LogP contribution in [0.3, 0.4) is 0 Å². The van der Waals surface area contributed by atoms with Crippen molar-refractivity contribution in [2.45, 2.75) is 30.8 Å². The van der Waals surface area contributed by atoms with Crippen LogP contribution in [0.15, 0.2) is 23.1 Å². The molecule has 1 atom stereocenters. The highest BCUT2D eigenvalue weighted by molar-refractivity contribution is 7.89. The molecule has 0 radical (unpaired) electrons. The van der Waals surface area contributed by atoms with Crippen molar-refractivity contribution in [1.29, 1.82) is 0 Å². The zero-order chi connectivity index (χ0) is 15.5. The van der Waals surface area contributed by atoms with Gasteiger partial charge >= 0.3 is 0 Å². The van der Waals surface area contributed by atoms with Gasteiger partial charge in [-0.15, -0.1) is 0 Å². The summed E-state index contributed by atoms with van der Waals surface area (Å²) >= 11 is 0. The van der Waals surface area contributed by atoms with Gasteiger partial charge in [-0.1, -0.05) is 6.92 Å². The maximum atomic E-state index is 12.1. The topological polar surface area (TPSA) is 84.7 Å². The Balaban J connectivity index is 2.22. The number of likely N-dealkylation sites (N-methyl/N-ethyl adjacent to an activating group) is 1. The number of nitrogen functional groups attached to an aromatic ring is 1. The summed E-state index contributed by atoms with van der Waals surface area (Å²) in [6, 6.07) is 4.77. The van der Waals surface area contributed by atoms with E-state index in [2.05, 4.69) is 4.72 Å². The minimum atomic E-state index is -3.47. The van der Waals surface area contributed by atoms with Gasteiger partial charge in [-0.2, -0.15) is 0 Å². The molecule has 0 amide bonds. The number of sulfonamides is 1. The number of nitrogens with two attached hydrogens (primary N) is 1. The smallest absolute Gasteiger partial charge is 0.240 e. The molecule has 2 rings (SSSR count). The number of nitrogens with zero attached hydrogens (tertiary/aromatic N) is 1. The lowest BCUT2D eigenvalue weighted by Gasteiger charge is -2.24. The summed E-state index contributed by atoms with van der Waals surface area (Å²) in [4.78, 5) is 2.18. The third kappa shape index (κ3) is 3.87. The van der Waals surface area contributed by atoms with Crippen LogP contribution in [0.25, 0.3) is 0 Å². The van der Waals surface area contributed by atoms with Gasteiger partial charge in [-0.05, 0) is 31.0 Å². The van der Waals surface area contributed by atoms with Crippen LogP contribution in [0, 0.1) is 0 Å². The van der Waals surface area contributed by atoms with Crippen molar-refractivity contribution in [2.24, 2.45) is 0 Å². The van der Waals surface area contributed by atoms with Crippen LogP contribution < -0.4 is 15.4 Å². The first kappa shape index (κ1) is 16.1. The van der Waals surface area contributed by atoms with E-state index in [1.165, 1.54) is 6.07 Å². The van der Waals surface area contributed by atoms with Gasteiger partial charge in [0, 0.05) is 26.7 Å². The fraction of sp³-hybridized carbons (Fsp3) is 0.571. The van der Waals surface area contributed by atoms with E-state index < -0.39 is 10.0 Å². The summed E-state index contributed by atoms with van der Waals surface area (Å²) in [6.07, 6.45) is 2.28. The highest BCUT2D eigenvalue weighted by atomic mass is 32.2. The van der Waals surface area contributed by atoms with E-state index >= 15 is 0 Å². The molecule has 1 aromatic carbocycles. The Labute approximate surface area is 126 Å². The molecule has 1 unspecified atom stereocenters. The third-order valence-electron chi connectivity index (χ3n) is 3.56. The van der Waals surface area contributed by atoms with Crippen molar-refractivity contribution in [3.63, 3.8) is 0 Å². The Morgan fingerprint density at radius 3 is 2.86 bits per heavy atom. The molecule has 0 spiro atoms. The molecule has 0 aromatic heterocycles. The molecule has 3 N–H and O–H groups in total. The fourth-order valence-corrected chi connectivity index (χ4v) is 3.55. The van der Waals surface area contributed by atoms with E-state index in [4.69, 9.17) is 10.5 Å². The zero-order valence-electron chi connectivity index (χ0n) is 12.5. The number of hydrogen-bond acceptors (Lipinski definition) is 5. The molecule has 1 heterocycles. The molecule has 1 aliphatic heterocycles. The molecule has 7 heteroatoms. The molecule has 0 bridgehead atoms. The predicted molar refractivity (Wildman–Crippen MR) is 84.0 cm³/mol. The fourth-order valence-electron chi connectivity index (χ4n) is 2.49. The van der Waals surface area contributed by atoms with E-state index in [9.17, 15) is 8.42 Å². The average Bonchev–Trinajstić information content (AvgIpc) is 2.91. The summed E-state index contributed by atoms with van der Waals surface area (Å²) in [5.74, 6) is 0. The number of benzene rings is 1. The van der Waals surface area contributed by atoms with Crippen molar-refractivity contribution < 1.29 is 13.2 Å². The molecule has 21 heavy (non-hydrogen) atoms. The lowest BCUT2D eigenvalue weighted by Crippen LogP contribution is -2.29. The van der Waals surface area contributed by atoms with E-state index in [1.54, 1.807) is 19.1 Å². The van der Waals surface area contributed by atoms with Gasteiger partial charge in [0.1, 0.15) is 0 Å². The van der Waals surface area contributed by atoms with Crippen LogP contribution in [0.1, 0.15) is 19.8 Å². The highest BCUT2D eigenvalue weighted by Crippen LogP contribution is 2.27. The summed E-state index contributed by atoms with van der Waals surface area (Å²) in [7, 11) is -1.57. The Morgan fingerprint density at radius 1 is 1.48 bits per heavy atom. The largest absolute Gasteiger partial charge is 0.397 e. The molecular formula is C14H23N3O3S. The van der Waals surface area contributed by atoms with Gasteiger partial charge in [0.25, 0.3) is 0 Å². The molecular weight excluding hydrogens is 290 g/mol. The first-order chi connectivity index (χ1) is 9.94. The lowest BCUT2D eigenvalue weighted by molar-refractivity contribution is 0.116. The van der Waals surface area contributed by atoms with Crippen LogP contribution in [0.2, 0.25) is 0 Å². The lowest BCUT2D eigenvalue weighted by atomic mass is 10.2. The van der Waals surface area contributed by atoms with Crippen LogP contribution in [-0.2, 0) is 14.8 Å². The van der Waals surface area contributed by atoms with Gasteiger partial charge in [-0.25, -0.2) is 13.1 Å². The minimum absolute atomic E-state index is 0.184. The third-order valence-corrected chi connectivity index (χ3v) is 5.10. The van der Waals surface area contributed by atoms with Crippen molar-refractivity contribution in [1.82, 2.24) is 4.72 Å². The number of hydrogen-bond donors (Lipinski definition) is 2. The van der Waals surface area contributed by atoms with E-state index in [0.717, 1.165) is 19.4 Å². The Morgan fingerprint density at radius 2 is 2.24 bits per heavy atom. The minimum Gasteiger partial charge on any atom is -0.397 e. The molecule has 1 fully saturated rings. The van der Waals surface area contributed by atoms with Crippen molar-refractivity contribution in [3.05, 3.63) is 18.2 Å². The Kier molecular flexibility index (Phi) is 5.08. The first-order valence-corrected chi connectivity index (χ1v) is 8.64. The molecule has 1 aromatic rings. The Bertz CT molecular complexity index is 583. The van der Waals surface area contributed by atoms with Crippen molar-refractivity contribution in [3.8, 4) is 0 Å². The van der Waals surface area contributed by atoms with E-state index in [0.29, 0.717) is 24.5 Å². The molecule has 0 aliphatic carbocycles. The maximum absolute atomic E-state index is 12.1. The molecule has 1 saturated heterocycles. The van der Waals surface area contributed by atoms with Crippen LogP contribution in [0.5, 0.6) is 0 Å². The van der Waals surface area contributed by atoms with Gasteiger partial charge in [0.15, 0.2) is 0 Å². The second kappa shape index (κ2) is 6.64. The number of anilines is 2. The van der Waals surface area contributed by atoms with Gasteiger partial charge in [-0.3, -0.25) is 0 Å². The number of rotatable bonds is 6. The van der Waals surface area contributed by atoms with Gasteiger partial charge in [0.05, 0.1) is 22.4 Å². The van der Waals surface area contributed by atoms with Gasteiger partial charge < -0.3 is 15.4 Å². The first-order valence-electron chi connectivity index (χ1n) is 7.16. The molecule has 1 aliphatic rings. The van der Waals surface area contributed by atoms with Crippen LogP contribution >= 0.6 is 0 Å². The standard InChI is InChI=1S/C14H23N3O3S/c1-3-16-21(18,19)12-6-7-13(15)14(9-12)17(2)10-11-5-4-8-20-11/h6-7,9,11,16H,3-5,8,10,15H2,1-2H3. The summed E-state index contributed by atoms with van der Waals surface area (Å²) < 4.78 is 32.2. The predicted octanol–water partition coefficient (Wildman–Crippen LogP) is 1.18. The quantitative estimate of drug-likeness (QED) is 0.771. The summed E-state index contributed by atoms with van der Waals surface area (Å²) in [5.41, 5.74) is 7.26. The SMILES string of the molecule is CCNS(=O)(=O)c1ccc(N)c(N(C)CC2CCCO2)c1. The highest BCUT2D eigenvalue weighted by Gasteiger charge is 2.20. The van der Waals surface area contributed by atoms with Crippen LogP contribution in [0.4, 0.5) is 11.4 Å². The zero-order valence-corrected chi connectivity index (χ0v) is 13.3. The normalized spacial score (nSPS) is 18.9. The number of ether oxygens (including phenoxy) is 1. The van der Waals surface area contributed by atoms with Gasteiger partial charge in [0.2, 0.25) is 10.0 Å². The second-order valence-electron chi connectivity index (χ2n) is 5.24. The van der Waals surface area contributed by atoms with Crippen molar-refractivity contribution >= 4 is 21.4 Å². The molecule has 118 valence electrons. The van der Waals surface area contributed by atoms with E-state index in [-0.39, 0.29) is 11.0 Å². The van der Waals surface area contributed by atoms with Crippen molar-refractivity contribution in [2.75, 3.05) is 37.4 Å². The summed E-state index contributed by atoms with van der Waals surface area (Å²) in [6.45, 7) is 3.60. The molecule has 6 nitrogen and oxygen atoms in total.